The highest BCUT2D eigenvalue weighted by molar-refractivity contribution is 7.98. The number of aromatic nitrogens is 1. The summed E-state index contributed by atoms with van der Waals surface area (Å²) in [5.74, 6) is 2.09. The van der Waals surface area contributed by atoms with E-state index in [0.717, 1.165) is 30.2 Å². The van der Waals surface area contributed by atoms with Crippen molar-refractivity contribution in [3.63, 3.8) is 0 Å². The fourth-order valence-electron chi connectivity index (χ4n) is 1.47. The van der Waals surface area contributed by atoms with E-state index in [0.29, 0.717) is 0 Å². The van der Waals surface area contributed by atoms with Crippen molar-refractivity contribution in [1.82, 2.24) is 10.3 Å². The Balaban J connectivity index is 2.38. The molecule has 0 radical (unpaired) electrons. The first-order valence-corrected chi connectivity index (χ1v) is 6.87. The number of hydrogen-bond acceptors (Lipinski definition) is 4. The van der Waals surface area contributed by atoms with Crippen LogP contribution in [0.1, 0.15) is 17.8 Å². The number of ether oxygens (including phenoxy) is 1. The second kappa shape index (κ2) is 7.52. The van der Waals surface area contributed by atoms with Crippen LogP contribution < -0.4 is 10.1 Å². The molecule has 0 bridgehead atoms. The number of rotatable bonds is 7. The number of methoxy groups -OCH3 is 1. The summed E-state index contributed by atoms with van der Waals surface area (Å²) in [6.45, 7) is 3.84. The maximum Gasteiger partial charge on any atom is 0.122 e. The molecular weight excluding hydrogens is 220 g/mol. The molecule has 1 rings (SSSR count). The molecule has 0 spiro atoms. The SMILES string of the molecule is COc1cc(C)nc(CNCCCSC)c1. The van der Waals surface area contributed by atoms with Crippen molar-refractivity contribution < 1.29 is 4.74 Å². The monoisotopic (exact) mass is 240 g/mol. The molecule has 0 aliphatic rings. The molecule has 0 amide bonds. The van der Waals surface area contributed by atoms with Gasteiger partial charge in [-0.2, -0.15) is 11.8 Å². The summed E-state index contributed by atoms with van der Waals surface area (Å²) in [7, 11) is 1.68. The van der Waals surface area contributed by atoms with E-state index in [1.807, 2.05) is 30.8 Å². The van der Waals surface area contributed by atoms with Crippen LogP contribution in [0.2, 0.25) is 0 Å². The molecule has 0 saturated heterocycles. The van der Waals surface area contributed by atoms with Gasteiger partial charge in [0.25, 0.3) is 0 Å². The molecule has 0 aromatic carbocycles. The van der Waals surface area contributed by atoms with Gasteiger partial charge in [-0.1, -0.05) is 0 Å². The molecule has 0 saturated carbocycles. The van der Waals surface area contributed by atoms with Crippen LogP contribution in [0.25, 0.3) is 0 Å². The molecule has 1 aromatic heterocycles. The zero-order chi connectivity index (χ0) is 11.8. The maximum absolute atomic E-state index is 5.21. The number of nitrogens with one attached hydrogen (secondary N) is 1. The molecule has 0 unspecified atom stereocenters. The number of nitrogens with zero attached hydrogens (tertiary/aromatic N) is 1. The van der Waals surface area contributed by atoms with Gasteiger partial charge in [-0.15, -0.1) is 0 Å². The standard InChI is InChI=1S/C12H20N2OS/c1-10-7-12(15-2)8-11(14-10)9-13-5-4-6-16-3/h7-8,13H,4-6,9H2,1-3H3. The zero-order valence-electron chi connectivity index (χ0n) is 10.2. The van der Waals surface area contributed by atoms with Gasteiger partial charge in [-0.25, -0.2) is 0 Å². The highest BCUT2D eigenvalue weighted by Gasteiger charge is 1.99. The van der Waals surface area contributed by atoms with E-state index >= 15 is 0 Å². The van der Waals surface area contributed by atoms with Gasteiger partial charge in [0.05, 0.1) is 12.8 Å². The van der Waals surface area contributed by atoms with Crippen LogP contribution in [-0.4, -0.2) is 30.6 Å². The quantitative estimate of drug-likeness (QED) is 0.741. The van der Waals surface area contributed by atoms with Crippen molar-refractivity contribution in [3.8, 4) is 5.75 Å². The van der Waals surface area contributed by atoms with Crippen molar-refractivity contribution in [2.75, 3.05) is 25.7 Å². The summed E-state index contributed by atoms with van der Waals surface area (Å²) >= 11 is 1.88. The Morgan fingerprint density at radius 2 is 2.25 bits per heavy atom. The summed E-state index contributed by atoms with van der Waals surface area (Å²) in [6.07, 6.45) is 3.33. The van der Waals surface area contributed by atoms with E-state index < -0.39 is 0 Å². The lowest BCUT2D eigenvalue weighted by atomic mass is 10.3. The average Bonchev–Trinajstić information content (AvgIpc) is 2.28. The lowest BCUT2D eigenvalue weighted by Crippen LogP contribution is -2.16. The van der Waals surface area contributed by atoms with Crippen molar-refractivity contribution in [2.24, 2.45) is 0 Å². The van der Waals surface area contributed by atoms with Gasteiger partial charge in [-0.3, -0.25) is 4.98 Å². The van der Waals surface area contributed by atoms with Gasteiger partial charge in [0.15, 0.2) is 0 Å². The van der Waals surface area contributed by atoms with Crippen molar-refractivity contribution >= 4 is 11.8 Å². The highest BCUT2D eigenvalue weighted by Crippen LogP contribution is 2.12. The van der Waals surface area contributed by atoms with Crippen molar-refractivity contribution in [1.29, 1.82) is 0 Å². The molecule has 0 aliphatic heterocycles. The Kier molecular flexibility index (Phi) is 6.26. The van der Waals surface area contributed by atoms with Crippen molar-refractivity contribution in [2.45, 2.75) is 19.9 Å². The van der Waals surface area contributed by atoms with Gasteiger partial charge in [0.2, 0.25) is 0 Å². The van der Waals surface area contributed by atoms with Crippen LogP contribution in [-0.2, 0) is 6.54 Å². The first kappa shape index (κ1) is 13.3. The molecule has 4 heteroatoms. The number of thioether (sulfide) groups is 1. The largest absolute Gasteiger partial charge is 0.497 e. The number of hydrogen-bond donors (Lipinski definition) is 1. The second-order valence-corrected chi connectivity index (χ2v) is 4.65. The molecule has 0 atom stereocenters. The molecule has 1 N–H and O–H groups in total. The van der Waals surface area contributed by atoms with Crippen molar-refractivity contribution in [3.05, 3.63) is 23.5 Å². The summed E-state index contributed by atoms with van der Waals surface area (Å²) in [5, 5.41) is 3.38. The minimum Gasteiger partial charge on any atom is -0.497 e. The maximum atomic E-state index is 5.21. The lowest BCUT2D eigenvalue weighted by Gasteiger charge is -2.07. The van der Waals surface area contributed by atoms with E-state index in [2.05, 4.69) is 16.6 Å². The first-order chi connectivity index (χ1) is 7.76. The number of pyridine rings is 1. The normalized spacial score (nSPS) is 10.4. The molecule has 1 aromatic rings. The smallest absolute Gasteiger partial charge is 0.122 e. The van der Waals surface area contributed by atoms with E-state index in [1.165, 1.54) is 12.2 Å². The summed E-state index contributed by atoms with van der Waals surface area (Å²) in [4.78, 5) is 4.45. The molecular formula is C12H20N2OS. The zero-order valence-corrected chi connectivity index (χ0v) is 11.1. The topological polar surface area (TPSA) is 34.1 Å². The predicted octanol–water partition coefficient (Wildman–Crippen LogP) is 2.24. The van der Waals surface area contributed by atoms with Gasteiger partial charge in [-0.05, 0) is 31.9 Å². The summed E-state index contributed by atoms with van der Waals surface area (Å²) < 4.78 is 5.21. The van der Waals surface area contributed by atoms with Crippen LogP contribution >= 0.6 is 11.8 Å². The van der Waals surface area contributed by atoms with E-state index in [1.54, 1.807) is 7.11 Å². The Bertz CT molecular complexity index is 318. The van der Waals surface area contributed by atoms with Crippen LogP contribution in [0, 0.1) is 6.92 Å². The van der Waals surface area contributed by atoms with E-state index in [-0.39, 0.29) is 0 Å². The van der Waals surface area contributed by atoms with E-state index in [4.69, 9.17) is 4.74 Å². The summed E-state index contributed by atoms with van der Waals surface area (Å²) in [6, 6.07) is 3.92. The Morgan fingerprint density at radius 1 is 1.44 bits per heavy atom. The Labute approximate surface area is 102 Å². The minimum absolute atomic E-state index is 0.812. The third-order valence-corrected chi connectivity index (χ3v) is 2.92. The minimum atomic E-state index is 0.812. The average molecular weight is 240 g/mol. The number of aryl methyl sites for hydroxylation is 1. The van der Waals surface area contributed by atoms with Gasteiger partial charge >= 0.3 is 0 Å². The molecule has 0 aliphatic carbocycles. The Morgan fingerprint density at radius 3 is 2.94 bits per heavy atom. The Hall–Kier alpha value is -0.740. The third-order valence-electron chi connectivity index (χ3n) is 2.22. The molecule has 3 nitrogen and oxygen atoms in total. The third kappa shape index (κ3) is 4.86. The van der Waals surface area contributed by atoms with Crippen LogP contribution in [0.5, 0.6) is 5.75 Å². The highest BCUT2D eigenvalue weighted by atomic mass is 32.2. The van der Waals surface area contributed by atoms with Crippen LogP contribution in [0.15, 0.2) is 12.1 Å². The fourth-order valence-corrected chi connectivity index (χ4v) is 1.90. The first-order valence-electron chi connectivity index (χ1n) is 5.47. The predicted molar refractivity (Wildman–Crippen MR) is 70.2 cm³/mol. The molecule has 1 heterocycles. The van der Waals surface area contributed by atoms with Crippen LogP contribution in [0.3, 0.4) is 0 Å². The van der Waals surface area contributed by atoms with Gasteiger partial charge in [0, 0.05) is 24.4 Å². The van der Waals surface area contributed by atoms with Gasteiger partial charge < -0.3 is 10.1 Å². The molecule has 16 heavy (non-hydrogen) atoms. The fraction of sp³-hybridized carbons (Fsp3) is 0.583. The summed E-state index contributed by atoms with van der Waals surface area (Å²) in [5.41, 5.74) is 2.04. The van der Waals surface area contributed by atoms with Crippen LogP contribution in [0.4, 0.5) is 0 Å². The molecule has 0 fully saturated rings. The van der Waals surface area contributed by atoms with Gasteiger partial charge in [0.1, 0.15) is 5.75 Å². The molecule has 90 valence electrons. The lowest BCUT2D eigenvalue weighted by molar-refractivity contribution is 0.412. The van der Waals surface area contributed by atoms with E-state index in [9.17, 15) is 0 Å². The second-order valence-electron chi connectivity index (χ2n) is 3.66.